The van der Waals surface area contributed by atoms with Crippen LogP contribution in [0.1, 0.15) is 29.2 Å². The van der Waals surface area contributed by atoms with Crippen molar-refractivity contribution in [3.05, 3.63) is 99.0 Å². The molecule has 0 amide bonds. The van der Waals surface area contributed by atoms with Crippen molar-refractivity contribution in [2.24, 2.45) is 0 Å². The van der Waals surface area contributed by atoms with Crippen LogP contribution < -0.4 is 10.1 Å². The number of rotatable bonds is 9. The summed E-state index contributed by atoms with van der Waals surface area (Å²) in [6.07, 6.45) is 6.13. The first-order valence-corrected chi connectivity index (χ1v) is 10.9. The summed E-state index contributed by atoms with van der Waals surface area (Å²) in [5.74, 6) is 0.880. The molecule has 1 N–H and O–H groups in total. The molecule has 0 aromatic heterocycles. The number of benzene rings is 3. The zero-order valence-corrected chi connectivity index (χ0v) is 18.9. The van der Waals surface area contributed by atoms with Gasteiger partial charge in [0.15, 0.2) is 0 Å². The highest BCUT2D eigenvalue weighted by Gasteiger charge is 2.08. The highest BCUT2D eigenvalue weighted by molar-refractivity contribution is 6.42. The van der Waals surface area contributed by atoms with Gasteiger partial charge in [0.25, 0.3) is 0 Å². The summed E-state index contributed by atoms with van der Waals surface area (Å²) in [6, 6.07) is 22.7. The fourth-order valence-corrected chi connectivity index (χ4v) is 3.68. The first kappa shape index (κ1) is 22.4. The van der Waals surface area contributed by atoms with Crippen molar-refractivity contribution in [1.29, 1.82) is 0 Å². The minimum Gasteiger partial charge on any atom is -0.497 e. The van der Waals surface area contributed by atoms with E-state index in [2.05, 4.69) is 60.8 Å². The summed E-state index contributed by atoms with van der Waals surface area (Å²) in [7, 11) is 1.71. The van der Waals surface area contributed by atoms with Crippen LogP contribution in [-0.4, -0.2) is 19.7 Å². The van der Waals surface area contributed by atoms with Crippen LogP contribution in [0.15, 0.2) is 66.7 Å². The van der Waals surface area contributed by atoms with Crippen molar-refractivity contribution >= 4 is 35.4 Å². The quantitative estimate of drug-likeness (QED) is 0.364. The van der Waals surface area contributed by atoms with Crippen LogP contribution in [-0.2, 0) is 12.8 Å². The predicted molar refractivity (Wildman–Crippen MR) is 130 cm³/mol. The van der Waals surface area contributed by atoms with Gasteiger partial charge in [-0.25, -0.2) is 0 Å². The van der Waals surface area contributed by atoms with Gasteiger partial charge < -0.3 is 10.1 Å². The number of methoxy groups -OCH3 is 1. The fraction of sp³-hybridized carbons (Fsp3) is 0.231. The van der Waals surface area contributed by atoms with Gasteiger partial charge >= 0.3 is 0 Å². The number of hydrogen-bond donors (Lipinski definition) is 1. The van der Waals surface area contributed by atoms with Gasteiger partial charge in [0.05, 0.1) is 17.2 Å². The third-order valence-corrected chi connectivity index (χ3v) is 5.76. The molecule has 3 aromatic carbocycles. The first-order chi connectivity index (χ1) is 14.5. The zero-order valence-electron chi connectivity index (χ0n) is 17.4. The highest BCUT2D eigenvalue weighted by atomic mass is 35.5. The van der Waals surface area contributed by atoms with E-state index in [1.165, 1.54) is 22.3 Å². The van der Waals surface area contributed by atoms with Crippen molar-refractivity contribution in [2.45, 2.75) is 25.8 Å². The normalized spacial score (nSPS) is 12.3. The molecule has 0 radical (unpaired) electrons. The van der Waals surface area contributed by atoms with Crippen LogP contribution >= 0.6 is 23.2 Å². The molecule has 2 nitrogen and oxygen atoms in total. The Kier molecular flexibility index (Phi) is 8.39. The zero-order chi connectivity index (χ0) is 21.3. The molecule has 0 saturated heterocycles. The van der Waals surface area contributed by atoms with E-state index in [-0.39, 0.29) is 0 Å². The second kappa shape index (κ2) is 11.2. The van der Waals surface area contributed by atoms with Crippen LogP contribution in [0.4, 0.5) is 0 Å². The van der Waals surface area contributed by atoms with E-state index < -0.39 is 0 Å². The number of ether oxygens (including phenoxy) is 1. The van der Waals surface area contributed by atoms with E-state index in [1.54, 1.807) is 7.11 Å². The predicted octanol–water partition coefficient (Wildman–Crippen LogP) is 6.94. The molecule has 1 unspecified atom stereocenters. The Labute approximate surface area is 189 Å². The van der Waals surface area contributed by atoms with Gasteiger partial charge in [0.1, 0.15) is 5.75 Å². The minimum atomic E-state index is 0.323. The average Bonchev–Trinajstić information content (AvgIpc) is 2.76. The van der Waals surface area contributed by atoms with Crippen molar-refractivity contribution in [2.75, 3.05) is 13.7 Å². The molecule has 1 atom stereocenters. The van der Waals surface area contributed by atoms with Gasteiger partial charge in [0.2, 0.25) is 0 Å². The van der Waals surface area contributed by atoms with Crippen LogP contribution in [0.2, 0.25) is 10.0 Å². The lowest BCUT2D eigenvalue weighted by molar-refractivity contribution is 0.414. The summed E-state index contributed by atoms with van der Waals surface area (Å²) >= 11 is 12.1. The second-order valence-corrected chi connectivity index (χ2v) is 8.18. The third-order valence-electron chi connectivity index (χ3n) is 5.02. The van der Waals surface area contributed by atoms with E-state index >= 15 is 0 Å². The van der Waals surface area contributed by atoms with Crippen LogP contribution in [0, 0.1) is 0 Å². The Morgan fingerprint density at radius 2 is 1.73 bits per heavy atom. The summed E-state index contributed by atoms with van der Waals surface area (Å²) < 4.78 is 5.45. The molecule has 0 heterocycles. The Morgan fingerprint density at radius 1 is 0.933 bits per heavy atom. The molecular formula is C26H27Cl2NO. The van der Waals surface area contributed by atoms with Gasteiger partial charge in [-0.3, -0.25) is 0 Å². The molecule has 156 valence electrons. The fourth-order valence-electron chi connectivity index (χ4n) is 3.36. The number of halogens is 2. The molecule has 4 heteroatoms. The van der Waals surface area contributed by atoms with E-state index in [1.807, 2.05) is 30.3 Å². The van der Waals surface area contributed by atoms with Gasteiger partial charge in [0, 0.05) is 6.04 Å². The lowest BCUT2D eigenvalue weighted by Gasteiger charge is -2.16. The number of hydrogen-bond acceptors (Lipinski definition) is 2. The molecule has 0 aliphatic heterocycles. The van der Waals surface area contributed by atoms with Gasteiger partial charge in [-0.05, 0) is 72.8 Å². The topological polar surface area (TPSA) is 21.3 Å². The SMILES string of the molecule is COc1ccc(/C=C/c2ccccc2)c(CC(C)NCCc2ccc(Cl)c(Cl)c2)c1. The van der Waals surface area contributed by atoms with Crippen LogP contribution in [0.3, 0.4) is 0 Å². The largest absolute Gasteiger partial charge is 0.497 e. The van der Waals surface area contributed by atoms with E-state index in [0.717, 1.165) is 25.1 Å². The molecule has 3 rings (SSSR count). The molecule has 30 heavy (non-hydrogen) atoms. The first-order valence-electron chi connectivity index (χ1n) is 10.1. The van der Waals surface area contributed by atoms with Gasteiger partial charge in [-0.1, -0.05) is 77.8 Å². The second-order valence-electron chi connectivity index (χ2n) is 7.37. The monoisotopic (exact) mass is 439 g/mol. The van der Waals surface area contributed by atoms with Gasteiger partial charge in [-0.15, -0.1) is 0 Å². The van der Waals surface area contributed by atoms with Crippen LogP contribution in [0.5, 0.6) is 5.75 Å². The maximum Gasteiger partial charge on any atom is 0.119 e. The smallest absolute Gasteiger partial charge is 0.119 e. The summed E-state index contributed by atoms with van der Waals surface area (Å²) in [6.45, 7) is 3.08. The molecule has 0 aliphatic rings. The Bertz CT molecular complexity index is 986. The molecule has 0 saturated carbocycles. The summed E-state index contributed by atoms with van der Waals surface area (Å²) in [5, 5.41) is 4.81. The Morgan fingerprint density at radius 3 is 2.47 bits per heavy atom. The minimum absolute atomic E-state index is 0.323. The van der Waals surface area contributed by atoms with Crippen molar-refractivity contribution in [3.8, 4) is 5.75 Å². The molecule has 0 bridgehead atoms. The molecule has 0 fully saturated rings. The molecular weight excluding hydrogens is 413 g/mol. The Hall–Kier alpha value is -2.26. The summed E-state index contributed by atoms with van der Waals surface area (Å²) in [5.41, 5.74) is 4.83. The van der Waals surface area contributed by atoms with E-state index in [9.17, 15) is 0 Å². The average molecular weight is 440 g/mol. The molecule has 3 aromatic rings. The molecule has 0 spiro atoms. The van der Waals surface area contributed by atoms with Crippen molar-refractivity contribution in [1.82, 2.24) is 5.32 Å². The lowest BCUT2D eigenvalue weighted by Crippen LogP contribution is -2.30. The highest BCUT2D eigenvalue weighted by Crippen LogP contribution is 2.23. The maximum atomic E-state index is 6.11. The Balaban J connectivity index is 1.63. The molecule has 0 aliphatic carbocycles. The summed E-state index contributed by atoms with van der Waals surface area (Å²) in [4.78, 5) is 0. The lowest BCUT2D eigenvalue weighted by atomic mass is 9.99. The van der Waals surface area contributed by atoms with Gasteiger partial charge in [-0.2, -0.15) is 0 Å². The van der Waals surface area contributed by atoms with E-state index in [4.69, 9.17) is 27.9 Å². The number of nitrogens with one attached hydrogen (secondary N) is 1. The third kappa shape index (κ3) is 6.63. The van der Waals surface area contributed by atoms with E-state index in [0.29, 0.717) is 16.1 Å². The van der Waals surface area contributed by atoms with Crippen molar-refractivity contribution in [3.63, 3.8) is 0 Å². The van der Waals surface area contributed by atoms with Crippen LogP contribution in [0.25, 0.3) is 12.2 Å². The van der Waals surface area contributed by atoms with Crippen molar-refractivity contribution < 1.29 is 4.74 Å². The standard InChI is InChI=1S/C26H27Cl2NO/c1-19(29-15-14-21-9-13-25(27)26(28)17-21)16-23-18-24(30-2)12-11-22(23)10-8-20-6-4-3-5-7-20/h3-13,17-19,29H,14-16H2,1-2H3/b10-8+. The maximum absolute atomic E-state index is 6.11.